The van der Waals surface area contributed by atoms with E-state index in [0.717, 1.165) is 0 Å². The Hall–Kier alpha value is -2.32. The average molecular weight is 462 g/mol. The van der Waals surface area contributed by atoms with Crippen LogP contribution in [0.25, 0.3) is 0 Å². The molecule has 184 valence electrons. The van der Waals surface area contributed by atoms with Crippen molar-refractivity contribution in [3.05, 3.63) is 0 Å². The molecule has 0 aromatic rings. The zero-order chi connectivity index (χ0) is 24.6. The Morgan fingerprint density at radius 2 is 0.750 bits per heavy atom. The number of hydrogen-bond acceptors (Lipinski definition) is 9. The van der Waals surface area contributed by atoms with Crippen LogP contribution in [0.1, 0.15) is 20.8 Å². The van der Waals surface area contributed by atoms with Gasteiger partial charge in [0.15, 0.2) is 6.17 Å². The van der Waals surface area contributed by atoms with Crippen molar-refractivity contribution in [1.29, 1.82) is 0 Å². The van der Waals surface area contributed by atoms with Crippen LogP contribution in [0.5, 0.6) is 0 Å². The van der Waals surface area contributed by atoms with Crippen molar-refractivity contribution >= 4 is 23.9 Å². The third kappa shape index (κ3) is 7.98. The van der Waals surface area contributed by atoms with Crippen molar-refractivity contribution < 1.29 is 39.6 Å². The molecule has 1 saturated heterocycles. The Bertz CT molecular complexity index is 550. The molecule has 32 heavy (non-hydrogen) atoms. The highest BCUT2D eigenvalue weighted by Crippen LogP contribution is 2.10. The topological polar surface area (TPSA) is 188 Å². The van der Waals surface area contributed by atoms with E-state index in [-0.39, 0.29) is 52.4 Å². The number of carbonyl (C=O) groups is 4. The lowest BCUT2D eigenvalue weighted by molar-refractivity contribution is -0.147. The highest BCUT2D eigenvalue weighted by atomic mass is 16.4. The molecule has 1 aliphatic heterocycles. The Kier molecular flexibility index (Phi) is 11.0. The van der Waals surface area contributed by atoms with E-state index < -0.39 is 48.2 Å². The van der Waals surface area contributed by atoms with E-state index in [1.54, 1.807) is 14.7 Å². The van der Waals surface area contributed by atoms with E-state index in [0.29, 0.717) is 0 Å². The van der Waals surface area contributed by atoms with Crippen LogP contribution in [-0.4, -0.2) is 141 Å². The number of nitrogens with two attached hydrogens (primary N) is 1. The molecule has 1 aliphatic rings. The van der Waals surface area contributed by atoms with Gasteiger partial charge in [0.25, 0.3) is 0 Å². The summed E-state index contributed by atoms with van der Waals surface area (Å²) in [5, 5.41) is 37.7. The van der Waals surface area contributed by atoms with Gasteiger partial charge in [-0.15, -0.1) is 0 Å². The zero-order valence-corrected chi connectivity index (χ0v) is 18.8. The van der Waals surface area contributed by atoms with Gasteiger partial charge in [0.1, 0.15) is 18.1 Å². The van der Waals surface area contributed by atoms with Gasteiger partial charge >= 0.3 is 23.9 Å². The third-order valence-corrected chi connectivity index (χ3v) is 6.06. The molecule has 13 nitrogen and oxygen atoms in total. The molecule has 4 atom stereocenters. The molecule has 1 rings (SSSR count). The summed E-state index contributed by atoms with van der Waals surface area (Å²) < 4.78 is 0. The minimum atomic E-state index is -1.33. The van der Waals surface area contributed by atoms with Crippen LogP contribution in [-0.2, 0) is 19.2 Å². The second-order valence-corrected chi connectivity index (χ2v) is 7.97. The molecule has 0 aromatic heterocycles. The molecule has 1 fully saturated rings. The summed E-state index contributed by atoms with van der Waals surface area (Å²) in [6.07, 6.45) is -1.33. The number of nitrogens with zero attached hydrogens (tertiary/aromatic N) is 4. The SMILES string of the molecule is CC(C(=O)O)N1CCN(C(C)C(=O)O)CCN(C(N)C(=O)O)CCN(C(C)C(=O)O)CC1. The van der Waals surface area contributed by atoms with E-state index in [9.17, 15) is 39.6 Å². The fraction of sp³-hybridized carbons (Fsp3) is 0.789. The fourth-order valence-corrected chi connectivity index (χ4v) is 3.54. The van der Waals surface area contributed by atoms with Crippen LogP contribution in [0.2, 0.25) is 0 Å². The summed E-state index contributed by atoms with van der Waals surface area (Å²) in [6, 6.07) is -2.59. The Morgan fingerprint density at radius 1 is 0.531 bits per heavy atom. The minimum Gasteiger partial charge on any atom is -0.480 e. The smallest absolute Gasteiger partial charge is 0.335 e. The average Bonchev–Trinajstić information content (AvgIpc) is 2.72. The highest BCUT2D eigenvalue weighted by Gasteiger charge is 2.30. The van der Waals surface area contributed by atoms with Crippen LogP contribution in [0.15, 0.2) is 0 Å². The Labute approximate surface area is 187 Å². The first-order valence-electron chi connectivity index (χ1n) is 10.5. The van der Waals surface area contributed by atoms with Crippen molar-refractivity contribution in [2.24, 2.45) is 5.73 Å². The monoisotopic (exact) mass is 461 g/mol. The van der Waals surface area contributed by atoms with E-state index in [2.05, 4.69) is 0 Å². The summed E-state index contributed by atoms with van der Waals surface area (Å²) in [5.74, 6) is -4.38. The molecule has 4 unspecified atom stereocenters. The minimum absolute atomic E-state index is 0.148. The maximum atomic E-state index is 11.6. The molecule has 0 bridgehead atoms. The van der Waals surface area contributed by atoms with E-state index in [1.165, 1.54) is 25.7 Å². The number of carboxylic acid groups (broad SMARTS) is 4. The van der Waals surface area contributed by atoms with Gasteiger partial charge in [-0.3, -0.25) is 34.0 Å². The Balaban J connectivity index is 3.21. The lowest BCUT2D eigenvalue weighted by Crippen LogP contribution is -2.57. The lowest BCUT2D eigenvalue weighted by atomic mass is 10.2. The van der Waals surface area contributed by atoms with E-state index in [1.807, 2.05) is 0 Å². The van der Waals surface area contributed by atoms with Crippen molar-refractivity contribution in [2.45, 2.75) is 45.1 Å². The van der Waals surface area contributed by atoms with Crippen molar-refractivity contribution in [3.63, 3.8) is 0 Å². The van der Waals surface area contributed by atoms with E-state index >= 15 is 0 Å². The second kappa shape index (κ2) is 12.6. The van der Waals surface area contributed by atoms with Crippen LogP contribution < -0.4 is 5.73 Å². The number of carboxylic acids is 4. The van der Waals surface area contributed by atoms with Crippen molar-refractivity contribution in [1.82, 2.24) is 19.6 Å². The van der Waals surface area contributed by atoms with Crippen molar-refractivity contribution in [3.8, 4) is 0 Å². The maximum absolute atomic E-state index is 11.6. The molecule has 13 heteroatoms. The zero-order valence-electron chi connectivity index (χ0n) is 18.8. The maximum Gasteiger partial charge on any atom is 0.335 e. The Morgan fingerprint density at radius 3 is 0.938 bits per heavy atom. The van der Waals surface area contributed by atoms with Gasteiger partial charge in [0.05, 0.1) is 0 Å². The third-order valence-electron chi connectivity index (χ3n) is 6.06. The molecule has 0 amide bonds. The number of aliphatic carboxylic acids is 4. The second-order valence-electron chi connectivity index (χ2n) is 7.97. The normalized spacial score (nSPS) is 22.6. The quantitative estimate of drug-likeness (QED) is 0.267. The molecule has 6 N–H and O–H groups in total. The molecule has 0 radical (unpaired) electrons. The largest absolute Gasteiger partial charge is 0.480 e. The van der Waals surface area contributed by atoms with E-state index in [4.69, 9.17) is 5.73 Å². The van der Waals surface area contributed by atoms with Gasteiger partial charge in [0.2, 0.25) is 0 Å². The predicted octanol–water partition coefficient (Wildman–Crippen LogP) is -2.00. The van der Waals surface area contributed by atoms with Gasteiger partial charge in [-0.1, -0.05) is 0 Å². The van der Waals surface area contributed by atoms with Crippen LogP contribution >= 0.6 is 0 Å². The summed E-state index contributed by atoms with van der Waals surface area (Å²) in [4.78, 5) is 52.6. The summed E-state index contributed by atoms with van der Waals surface area (Å²) in [5.41, 5.74) is 5.81. The molecule has 0 aliphatic carbocycles. The summed E-state index contributed by atoms with van der Waals surface area (Å²) >= 11 is 0. The summed E-state index contributed by atoms with van der Waals surface area (Å²) in [6.45, 7) is 6.17. The molecular formula is C19H35N5O8. The highest BCUT2D eigenvalue weighted by molar-refractivity contribution is 5.74. The lowest BCUT2D eigenvalue weighted by Gasteiger charge is -2.37. The standard InChI is InChI=1S/C19H35N5O8/c1-12(16(25)26)21-4-6-22(13(2)17(27)28)8-10-24(15(20)19(31)32)11-9-23(7-5-21)14(3)18(29)30/h12-15H,4-11,20H2,1-3H3,(H,25,26)(H,27,28)(H,29,30)(H,31,32). The van der Waals surface area contributed by atoms with Gasteiger partial charge in [0, 0.05) is 52.4 Å². The molecular weight excluding hydrogens is 426 g/mol. The van der Waals surface area contributed by atoms with Gasteiger partial charge in [-0.25, -0.2) is 4.79 Å². The van der Waals surface area contributed by atoms with Gasteiger partial charge in [-0.05, 0) is 20.8 Å². The first kappa shape index (κ1) is 27.7. The predicted molar refractivity (Wildman–Crippen MR) is 113 cm³/mol. The molecule has 0 saturated carbocycles. The van der Waals surface area contributed by atoms with Crippen LogP contribution in [0.4, 0.5) is 0 Å². The van der Waals surface area contributed by atoms with Crippen LogP contribution in [0, 0.1) is 0 Å². The first-order valence-corrected chi connectivity index (χ1v) is 10.5. The number of hydrogen-bond donors (Lipinski definition) is 5. The van der Waals surface area contributed by atoms with Gasteiger partial charge < -0.3 is 26.2 Å². The summed E-state index contributed by atoms with van der Waals surface area (Å²) in [7, 11) is 0. The van der Waals surface area contributed by atoms with Crippen LogP contribution in [0.3, 0.4) is 0 Å². The first-order chi connectivity index (χ1) is 14.9. The molecule has 0 spiro atoms. The van der Waals surface area contributed by atoms with Gasteiger partial charge in [-0.2, -0.15) is 0 Å². The fourth-order valence-electron chi connectivity index (χ4n) is 3.54. The number of rotatable bonds is 8. The van der Waals surface area contributed by atoms with Crippen molar-refractivity contribution in [2.75, 3.05) is 52.4 Å². The molecule has 0 aromatic carbocycles. The molecule has 1 heterocycles.